The summed E-state index contributed by atoms with van der Waals surface area (Å²) in [6.07, 6.45) is 2.16. The van der Waals surface area contributed by atoms with Crippen LogP contribution in [0.4, 0.5) is 0 Å². The number of fused-ring (bicyclic) bond motifs is 1. The third-order valence-corrected chi connectivity index (χ3v) is 5.42. The number of rotatable bonds is 3. The van der Waals surface area contributed by atoms with Crippen molar-refractivity contribution in [2.24, 2.45) is 11.8 Å². The molecule has 2 fully saturated rings. The van der Waals surface area contributed by atoms with Crippen LogP contribution in [0.15, 0.2) is 29.8 Å². The number of hydrogen-bond donors (Lipinski definition) is 1. The minimum atomic E-state index is 0.201. The van der Waals surface area contributed by atoms with Gasteiger partial charge in [0, 0.05) is 37.8 Å². The molecule has 0 aliphatic carbocycles. The monoisotopic (exact) mass is 314 g/mol. The van der Waals surface area contributed by atoms with Crippen LogP contribution in [0.2, 0.25) is 0 Å². The quantitative estimate of drug-likeness (QED) is 0.931. The summed E-state index contributed by atoms with van der Waals surface area (Å²) in [6, 6.07) is 5.78. The van der Waals surface area contributed by atoms with E-state index in [1.54, 1.807) is 17.5 Å². The normalized spacial score (nSPS) is 23.7. The molecular formula is C16H18N4OS. The maximum atomic E-state index is 12.4. The molecule has 0 spiro atoms. The third kappa shape index (κ3) is 2.64. The van der Waals surface area contributed by atoms with Gasteiger partial charge in [-0.15, -0.1) is 11.3 Å². The maximum Gasteiger partial charge on any atom is 0.228 e. The van der Waals surface area contributed by atoms with Gasteiger partial charge in [0.2, 0.25) is 5.91 Å². The third-order valence-electron chi connectivity index (χ3n) is 4.51. The molecule has 6 heteroatoms. The van der Waals surface area contributed by atoms with E-state index in [1.165, 1.54) is 0 Å². The molecule has 0 unspecified atom stereocenters. The van der Waals surface area contributed by atoms with E-state index >= 15 is 0 Å². The van der Waals surface area contributed by atoms with Crippen molar-refractivity contribution in [3.63, 3.8) is 0 Å². The molecule has 2 aromatic heterocycles. The second-order valence-electron chi connectivity index (χ2n) is 6.01. The van der Waals surface area contributed by atoms with E-state index in [4.69, 9.17) is 0 Å². The van der Waals surface area contributed by atoms with Gasteiger partial charge in [0.1, 0.15) is 5.01 Å². The topological polar surface area (TPSA) is 58.1 Å². The number of thiazole rings is 1. The fourth-order valence-electron chi connectivity index (χ4n) is 3.32. The summed E-state index contributed by atoms with van der Waals surface area (Å²) in [5.74, 6) is 1.49. The van der Waals surface area contributed by atoms with Crippen LogP contribution >= 0.6 is 11.3 Å². The van der Waals surface area contributed by atoms with Crippen molar-refractivity contribution in [2.75, 3.05) is 26.2 Å². The van der Waals surface area contributed by atoms with E-state index in [1.807, 2.05) is 28.5 Å². The molecular weight excluding hydrogens is 296 g/mol. The van der Waals surface area contributed by atoms with Crippen LogP contribution < -0.4 is 5.32 Å². The van der Waals surface area contributed by atoms with Crippen molar-refractivity contribution in [3.05, 3.63) is 35.5 Å². The Morgan fingerprint density at radius 2 is 2.14 bits per heavy atom. The Morgan fingerprint density at radius 1 is 1.32 bits per heavy atom. The summed E-state index contributed by atoms with van der Waals surface area (Å²) in [5, 5.41) is 6.25. The first-order valence-electron chi connectivity index (χ1n) is 7.64. The molecule has 0 aromatic carbocycles. The summed E-state index contributed by atoms with van der Waals surface area (Å²) < 4.78 is 0. The van der Waals surface area contributed by atoms with Crippen LogP contribution in [0, 0.1) is 11.8 Å². The van der Waals surface area contributed by atoms with Crippen LogP contribution in [0.3, 0.4) is 0 Å². The largest absolute Gasteiger partial charge is 0.342 e. The second kappa shape index (κ2) is 5.78. The van der Waals surface area contributed by atoms with Gasteiger partial charge < -0.3 is 10.2 Å². The summed E-state index contributed by atoms with van der Waals surface area (Å²) in [4.78, 5) is 23.3. The van der Waals surface area contributed by atoms with E-state index in [2.05, 4.69) is 15.3 Å². The molecule has 4 heterocycles. The number of amides is 1. The summed E-state index contributed by atoms with van der Waals surface area (Å²) in [5.41, 5.74) is 1.72. The van der Waals surface area contributed by atoms with Crippen LogP contribution in [-0.2, 0) is 11.2 Å². The standard InChI is InChI=1S/C16H18N4OS/c21-15(20-8-11-6-17-7-12(11)9-20)5-13-10-22-16(19-13)14-3-1-2-4-18-14/h1-4,10-12,17H,5-9H2/t11-,12+. The molecule has 2 saturated heterocycles. The van der Waals surface area contributed by atoms with Crippen molar-refractivity contribution < 1.29 is 4.79 Å². The summed E-state index contributed by atoms with van der Waals surface area (Å²) in [7, 11) is 0. The molecule has 0 saturated carbocycles. The van der Waals surface area contributed by atoms with Crippen molar-refractivity contribution in [2.45, 2.75) is 6.42 Å². The van der Waals surface area contributed by atoms with Crippen LogP contribution in [0.5, 0.6) is 0 Å². The number of likely N-dealkylation sites (tertiary alicyclic amines) is 1. The number of nitrogens with one attached hydrogen (secondary N) is 1. The smallest absolute Gasteiger partial charge is 0.228 e. The van der Waals surface area contributed by atoms with Gasteiger partial charge in [-0.2, -0.15) is 0 Å². The second-order valence-corrected chi connectivity index (χ2v) is 6.87. The van der Waals surface area contributed by atoms with E-state index < -0.39 is 0 Å². The lowest BCUT2D eigenvalue weighted by atomic mass is 10.0. The van der Waals surface area contributed by atoms with E-state index in [-0.39, 0.29) is 5.91 Å². The maximum absolute atomic E-state index is 12.4. The highest BCUT2D eigenvalue weighted by Crippen LogP contribution is 2.27. The minimum absolute atomic E-state index is 0.201. The lowest BCUT2D eigenvalue weighted by molar-refractivity contribution is -0.129. The summed E-state index contributed by atoms with van der Waals surface area (Å²) in [6.45, 7) is 3.89. The zero-order valence-corrected chi connectivity index (χ0v) is 13.1. The van der Waals surface area contributed by atoms with Gasteiger partial charge in [-0.05, 0) is 24.0 Å². The summed E-state index contributed by atoms with van der Waals surface area (Å²) >= 11 is 1.55. The Hall–Kier alpha value is -1.79. The Kier molecular flexibility index (Phi) is 3.63. The number of pyridine rings is 1. The van der Waals surface area contributed by atoms with Gasteiger partial charge in [-0.25, -0.2) is 4.98 Å². The van der Waals surface area contributed by atoms with Gasteiger partial charge in [0.15, 0.2) is 0 Å². The molecule has 2 aliphatic rings. The highest BCUT2D eigenvalue weighted by Gasteiger charge is 2.37. The average molecular weight is 314 g/mol. The minimum Gasteiger partial charge on any atom is -0.342 e. The molecule has 4 rings (SSSR count). The Bertz CT molecular complexity index is 660. The van der Waals surface area contributed by atoms with Crippen LogP contribution in [0.25, 0.3) is 10.7 Å². The van der Waals surface area contributed by atoms with Gasteiger partial charge in [-0.1, -0.05) is 6.07 Å². The van der Waals surface area contributed by atoms with Gasteiger partial charge in [-0.3, -0.25) is 9.78 Å². The molecule has 2 aliphatic heterocycles. The van der Waals surface area contributed by atoms with E-state index in [0.717, 1.165) is 42.6 Å². The Labute approximate surface area is 133 Å². The van der Waals surface area contributed by atoms with Crippen molar-refractivity contribution in [1.29, 1.82) is 0 Å². The molecule has 2 atom stereocenters. The fraction of sp³-hybridized carbons (Fsp3) is 0.438. The molecule has 1 amide bonds. The molecule has 2 aromatic rings. The molecule has 0 bridgehead atoms. The van der Waals surface area contributed by atoms with E-state index in [0.29, 0.717) is 18.3 Å². The zero-order valence-electron chi connectivity index (χ0n) is 12.2. The SMILES string of the molecule is O=C(Cc1csc(-c2ccccn2)n1)N1C[C@H]2CNC[C@H]2C1. The van der Waals surface area contributed by atoms with Gasteiger partial charge >= 0.3 is 0 Å². The first kappa shape index (κ1) is 13.8. The number of aromatic nitrogens is 2. The first-order chi connectivity index (χ1) is 10.8. The Morgan fingerprint density at radius 3 is 2.86 bits per heavy atom. The van der Waals surface area contributed by atoms with Crippen molar-refractivity contribution >= 4 is 17.2 Å². The first-order valence-corrected chi connectivity index (χ1v) is 8.52. The lowest BCUT2D eigenvalue weighted by Gasteiger charge is -2.16. The van der Waals surface area contributed by atoms with Crippen molar-refractivity contribution in [1.82, 2.24) is 20.2 Å². The predicted molar refractivity (Wildman–Crippen MR) is 85.5 cm³/mol. The molecule has 114 valence electrons. The van der Waals surface area contributed by atoms with Gasteiger partial charge in [0.05, 0.1) is 17.8 Å². The van der Waals surface area contributed by atoms with Crippen LogP contribution in [-0.4, -0.2) is 47.0 Å². The number of nitrogens with zero attached hydrogens (tertiary/aromatic N) is 3. The van der Waals surface area contributed by atoms with E-state index in [9.17, 15) is 4.79 Å². The molecule has 5 nitrogen and oxygen atoms in total. The molecule has 1 N–H and O–H groups in total. The van der Waals surface area contributed by atoms with Gasteiger partial charge in [0.25, 0.3) is 0 Å². The highest BCUT2D eigenvalue weighted by molar-refractivity contribution is 7.13. The number of carbonyl (C=O) groups is 1. The Balaban J connectivity index is 1.41. The van der Waals surface area contributed by atoms with Crippen LogP contribution in [0.1, 0.15) is 5.69 Å². The highest BCUT2D eigenvalue weighted by atomic mass is 32.1. The van der Waals surface area contributed by atoms with Crippen molar-refractivity contribution in [3.8, 4) is 10.7 Å². The molecule has 22 heavy (non-hydrogen) atoms. The zero-order chi connectivity index (χ0) is 14.9. The molecule has 0 radical (unpaired) electrons. The average Bonchev–Trinajstić information content (AvgIpc) is 3.23. The predicted octanol–water partition coefficient (Wildman–Crippen LogP) is 1.43. The number of carbonyl (C=O) groups excluding carboxylic acids is 1. The lowest BCUT2D eigenvalue weighted by Crippen LogP contribution is -2.33. The number of hydrogen-bond acceptors (Lipinski definition) is 5. The fourth-order valence-corrected chi connectivity index (χ4v) is 4.12.